The van der Waals surface area contributed by atoms with Gasteiger partial charge in [0.1, 0.15) is 11.5 Å². The quantitative estimate of drug-likeness (QED) is 0.178. The fourth-order valence-electron chi connectivity index (χ4n) is 4.97. The highest BCUT2D eigenvalue weighted by molar-refractivity contribution is 7.22. The Morgan fingerprint density at radius 2 is 1.55 bits per heavy atom. The Balaban J connectivity index is 1.78. The Labute approximate surface area is 235 Å². The molecule has 3 aromatic carbocycles. The van der Waals surface area contributed by atoms with Crippen molar-refractivity contribution in [2.24, 2.45) is 0 Å². The lowest BCUT2D eigenvalue weighted by molar-refractivity contribution is -0.132. The zero-order chi connectivity index (χ0) is 28.7. The van der Waals surface area contributed by atoms with Crippen LogP contribution >= 0.6 is 11.3 Å². The molecule has 206 valence electrons. The van der Waals surface area contributed by atoms with E-state index in [9.17, 15) is 14.7 Å². The van der Waals surface area contributed by atoms with E-state index >= 15 is 0 Å². The van der Waals surface area contributed by atoms with Crippen LogP contribution in [0.2, 0.25) is 0 Å². The summed E-state index contributed by atoms with van der Waals surface area (Å²) in [7, 11) is 5.98. The van der Waals surface area contributed by atoms with Gasteiger partial charge in [0, 0.05) is 5.56 Å². The van der Waals surface area contributed by atoms with Crippen molar-refractivity contribution < 1.29 is 33.6 Å². The molecule has 40 heavy (non-hydrogen) atoms. The maximum Gasteiger partial charge on any atom is 0.301 e. The first kappa shape index (κ1) is 27.0. The normalized spacial score (nSPS) is 16.4. The van der Waals surface area contributed by atoms with Gasteiger partial charge in [-0.25, -0.2) is 4.98 Å². The lowest BCUT2D eigenvalue weighted by Crippen LogP contribution is -2.29. The van der Waals surface area contributed by atoms with E-state index in [1.54, 1.807) is 36.4 Å². The van der Waals surface area contributed by atoms with E-state index in [4.69, 9.17) is 23.9 Å². The number of rotatable bonds is 7. The second kappa shape index (κ2) is 10.5. The summed E-state index contributed by atoms with van der Waals surface area (Å²) in [5.41, 5.74) is 3.49. The molecule has 0 aliphatic carbocycles. The van der Waals surface area contributed by atoms with Crippen LogP contribution in [0.15, 0.2) is 54.1 Å². The van der Waals surface area contributed by atoms with Crippen LogP contribution < -0.4 is 23.8 Å². The molecule has 0 bridgehead atoms. The third-order valence-electron chi connectivity index (χ3n) is 6.84. The first-order valence-corrected chi connectivity index (χ1v) is 13.2. The second-order valence-corrected chi connectivity index (χ2v) is 10.3. The molecule has 4 aromatic rings. The van der Waals surface area contributed by atoms with Crippen LogP contribution in [0.5, 0.6) is 23.0 Å². The fourth-order valence-corrected chi connectivity index (χ4v) is 6.14. The van der Waals surface area contributed by atoms with Crippen LogP contribution in [0.1, 0.15) is 28.3 Å². The average molecular weight is 561 g/mol. The molecule has 1 N–H and O–H groups in total. The molecular weight excluding hydrogens is 532 g/mol. The Morgan fingerprint density at radius 3 is 2.12 bits per heavy atom. The molecule has 1 fully saturated rings. The highest BCUT2D eigenvalue weighted by Gasteiger charge is 2.48. The summed E-state index contributed by atoms with van der Waals surface area (Å²) in [6, 6.07) is 12.9. The topological polar surface area (TPSA) is 107 Å². The van der Waals surface area contributed by atoms with Crippen molar-refractivity contribution in [3.05, 3.63) is 76.4 Å². The molecule has 9 nitrogen and oxygen atoms in total. The van der Waals surface area contributed by atoms with E-state index in [-0.39, 0.29) is 11.3 Å². The molecule has 1 aromatic heterocycles. The zero-order valence-corrected chi connectivity index (χ0v) is 23.7. The van der Waals surface area contributed by atoms with Gasteiger partial charge in [-0.3, -0.25) is 14.5 Å². The molecule has 0 radical (unpaired) electrons. The highest BCUT2D eigenvalue weighted by Crippen LogP contribution is 2.48. The smallest absolute Gasteiger partial charge is 0.301 e. The number of aliphatic hydroxyl groups is 1. The number of ketones is 1. The van der Waals surface area contributed by atoms with Crippen molar-refractivity contribution >= 4 is 44.1 Å². The van der Waals surface area contributed by atoms with Crippen LogP contribution in [0.4, 0.5) is 5.13 Å². The van der Waals surface area contributed by atoms with Crippen LogP contribution in [-0.2, 0) is 9.59 Å². The van der Waals surface area contributed by atoms with Gasteiger partial charge in [-0.1, -0.05) is 17.4 Å². The number of nitrogens with zero attached hydrogens (tertiary/aromatic N) is 2. The number of thiazole rings is 1. The number of fused-ring (bicyclic) bond motifs is 1. The maximum atomic E-state index is 13.7. The van der Waals surface area contributed by atoms with Gasteiger partial charge in [0.15, 0.2) is 16.6 Å². The second-order valence-electron chi connectivity index (χ2n) is 9.28. The Morgan fingerprint density at radius 1 is 0.900 bits per heavy atom. The van der Waals surface area contributed by atoms with E-state index in [0.29, 0.717) is 39.3 Å². The average Bonchev–Trinajstić information content (AvgIpc) is 3.50. The summed E-state index contributed by atoms with van der Waals surface area (Å²) in [4.78, 5) is 33.4. The van der Waals surface area contributed by atoms with Crippen molar-refractivity contribution in [2.75, 3.05) is 33.3 Å². The standard InChI is InChI=1S/C30H28N2O7S/c1-15-11-16(2)24-22(12-15)40-30(31-24)32-25(18-13-20(37-4)28(39-6)21(14-18)38-5)23(27(34)29(32)35)26(33)17-7-9-19(36-3)10-8-17/h7-14,25,33H,1-6H3. The maximum absolute atomic E-state index is 13.7. The Bertz CT molecular complexity index is 1650. The van der Waals surface area contributed by atoms with Gasteiger partial charge in [0.2, 0.25) is 5.75 Å². The zero-order valence-electron chi connectivity index (χ0n) is 22.9. The molecule has 5 rings (SSSR count). The largest absolute Gasteiger partial charge is 0.507 e. The van der Waals surface area contributed by atoms with Crippen molar-refractivity contribution in [1.82, 2.24) is 4.98 Å². The van der Waals surface area contributed by atoms with Crippen molar-refractivity contribution in [2.45, 2.75) is 19.9 Å². The Hall–Kier alpha value is -4.57. The van der Waals surface area contributed by atoms with Crippen molar-refractivity contribution in [3.8, 4) is 23.0 Å². The lowest BCUT2D eigenvalue weighted by Gasteiger charge is -2.24. The van der Waals surface area contributed by atoms with Gasteiger partial charge in [-0.15, -0.1) is 0 Å². The number of methoxy groups -OCH3 is 4. The summed E-state index contributed by atoms with van der Waals surface area (Å²) in [6.07, 6.45) is 0. The van der Waals surface area contributed by atoms with Gasteiger partial charge in [0.05, 0.1) is 50.3 Å². The number of hydrogen-bond acceptors (Lipinski definition) is 9. The summed E-state index contributed by atoms with van der Waals surface area (Å²) in [5, 5.41) is 11.8. The van der Waals surface area contributed by atoms with Gasteiger partial charge < -0.3 is 24.1 Å². The molecule has 1 amide bonds. The van der Waals surface area contributed by atoms with Crippen LogP contribution in [-0.4, -0.2) is 50.2 Å². The monoisotopic (exact) mass is 560 g/mol. The fraction of sp³-hybridized carbons (Fsp3) is 0.233. The predicted molar refractivity (Wildman–Crippen MR) is 153 cm³/mol. The van der Waals surface area contributed by atoms with E-state index < -0.39 is 17.7 Å². The molecule has 0 saturated carbocycles. The number of carbonyl (C=O) groups is 2. The van der Waals surface area contributed by atoms with E-state index in [0.717, 1.165) is 21.3 Å². The summed E-state index contributed by atoms with van der Waals surface area (Å²) >= 11 is 1.30. The highest BCUT2D eigenvalue weighted by atomic mass is 32.1. The third-order valence-corrected chi connectivity index (χ3v) is 7.84. The molecule has 1 atom stereocenters. The summed E-state index contributed by atoms with van der Waals surface area (Å²) < 4.78 is 22.7. The minimum absolute atomic E-state index is 0.0865. The molecule has 1 aliphatic rings. The predicted octanol–water partition coefficient (Wildman–Crippen LogP) is 5.57. The molecule has 10 heteroatoms. The molecule has 1 aliphatic heterocycles. The molecular formula is C30H28N2O7S. The number of carbonyl (C=O) groups excluding carboxylic acids is 2. The molecule has 0 spiro atoms. The van der Waals surface area contributed by atoms with Crippen LogP contribution in [0, 0.1) is 13.8 Å². The molecule has 1 saturated heterocycles. The van der Waals surface area contributed by atoms with Gasteiger partial charge in [-0.2, -0.15) is 0 Å². The van der Waals surface area contributed by atoms with E-state index in [1.807, 2.05) is 26.0 Å². The Kier molecular flexibility index (Phi) is 7.12. The lowest BCUT2D eigenvalue weighted by atomic mass is 9.94. The number of benzene rings is 3. The number of Topliss-reactive ketones (excluding diaryl/α,β-unsaturated/α-hetero) is 1. The molecule has 1 unspecified atom stereocenters. The van der Waals surface area contributed by atoms with E-state index in [1.165, 1.54) is 44.7 Å². The van der Waals surface area contributed by atoms with Crippen molar-refractivity contribution in [1.29, 1.82) is 0 Å². The van der Waals surface area contributed by atoms with Crippen molar-refractivity contribution in [3.63, 3.8) is 0 Å². The van der Waals surface area contributed by atoms with Crippen LogP contribution in [0.25, 0.3) is 16.0 Å². The number of aryl methyl sites for hydroxylation is 2. The number of hydrogen-bond donors (Lipinski definition) is 1. The number of amides is 1. The summed E-state index contributed by atoms with van der Waals surface area (Å²) in [6.45, 7) is 3.94. The molecule has 2 heterocycles. The summed E-state index contributed by atoms with van der Waals surface area (Å²) in [5.74, 6) is -0.354. The number of ether oxygens (including phenoxy) is 4. The van der Waals surface area contributed by atoms with Gasteiger partial charge in [-0.05, 0) is 73.0 Å². The number of aliphatic hydroxyl groups excluding tert-OH is 1. The van der Waals surface area contributed by atoms with Gasteiger partial charge >= 0.3 is 5.91 Å². The van der Waals surface area contributed by atoms with Gasteiger partial charge in [0.25, 0.3) is 5.78 Å². The number of aromatic nitrogens is 1. The van der Waals surface area contributed by atoms with Crippen LogP contribution in [0.3, 0.4) is 0 Å². The first-order valence-electron chi connectivity index (χ1n) is 12.4. The SMILES string of the molecule is COc1ccc(C(O)=C2C(=O)C(=O)N(c3nc4c(C)cc(C)cc4s3)C2c2cc(OC)c(OC)c(OC)c2)cc1. The minimum Gasteiger partial charge on any atom is -0.507 e. The first-order chi connectivity index (χ1) is 19.2. The number of anilines is 1. The minimum atomic E-state index is -1.03. The van der Waals surface area contributed by atoms with E-state index in [2.05, 4.69) is 0 Å². The third kappa shape index (κ3) is 4.40.